The summed E-state index contributed by atoms with van der Waals surface area (Å²) in [7, 11) is 1.49. The Kier molecular flexibility index (Phi) is 6.93. The van der Waals surface area contributed by atoms with Crippen LogP contribution in [0.5, 0.6) is 0 Å². The van der Waals surface area contributed by atoms with Crippen molar-refractivity contribution >= 4 is 23.7 Å². The maximum absolute atomic E-state index is 12.4. The predicted octanol–water partition coefficient (Wildman–Crippen LogP) is 3.47. The molecule has 0 spiro atoms. The highest BCUT2D eigenvalue weighted by molar-refractivity contribution is 6.02. The van der Waals surface area contributed by atoms with Crippen molar-refractivity contribution in [3.63, 3.8) is 0 Å². The van der Waals surface area contributed by atoms with Crippen molar-refractivity contribution in [3.8, 4) is 11.1 Å². The molecule has 0 fully saturated rings. The zero-order valence-electron chi connectivity index (χ0n) is 15.3. The van der Waals surface area contributed by atoms with Crippen molar-refractivity contribution in [1.82, 2.24) is 4.90 Å². The van der Waals surface area contributed by atoms with E-state index in [4.69, 9.17) is 9.84 Å². The van der Waals surface area contributed by atoms with Crippen LogP contribution in [0.15, 0.2) is 48.5 Å². The van der Waals surface area contributed by atoms with E-state index in [0.717, 1.165) is 11.1 Å². The van der Waals surface area contributed by atoms with E-state index in [-0.39, 0.29) is 25.1 Å². The number of benzene rings is 2. The molecule has 0 saturated heterocycles. The normalized spacial score (nSPS) is 10.1. The monoisotopic (exact) mass is 370 g/mol. The number of amides is 2. The second kappa shape index (κ2) is 9.38. The molecule has 2 amide bonds. The fourth-order valence-electron chi connectivity index (χ4n) is 2.42. The van der Waals surface area contributed by atoms with Crippen LogP contribution >= 0.6 is 0 Å². The lowest BCUT2D eigenvalue weighted by atomic mass is 10.0. The topological polar surface area (TPSA) is 95.9 Å². The predicted molar refractivity (Wildman–Crippen MR) is 102 cm³/mol. The van der Waals surface area contributed by atoms with Crippen LogP contribution in [0.2, 0.25) is 0 Å². The molecule has 2 aromatic rings. The highest BCUT2D eigenvalue weighted by Gasteiger charge is 2.18. The van der Waals surface area contributed by atoms with Crippen molar-refractivity contribution in [2.24, 2.45) is 0 Å². The number of hydrogen-bond acceptors (Lipinski definition) is 4. The smallest absolute Gasteiger partial charge is 0.340 e. The van der Waals surface area contributed by atoms with Crippen molar-refractivity contribution in [2.75, 3.05) is 25.5 Å². The fraction of sp³-hybridized carbons (Fsp3) is 0.250. The first-order valence-electron chi connectivity index (χ1n) is 8.53. The van der Waals surface area contributed by atoms with Gasteiger partial charge in [-0.1, -0.05) is 36.4 Å². The number of ether oxygens (including phenoxy) is 1. The number of rotatable bonds is 7. The highest BCUT2D eigenvalue weighted by atomic mass is 16.5. The van der Waals surface area contributed by atoms with Crippen LogP contribution in [0.3, 0.4) is 0 Å². The van der Waals surface area contributed by atoms with E-state index < -0.39 is 18.0 Å². The van der Waals surface area contributed by atoms with Gasteiger partial charge in [0, 0.05) is 13.6 Å². The SMILES string of the molecule is CCOC(=O)c1cc(-c2ccccc2)ccc1NC(=O)N(C)CCC(=O)O. The molecule has 0 saturated carbocycles. The van der Waals surface area contributed by atoms with E-state index in [9.17, 15) is 14.4 Å². The van der Waals surface area contributed by atoms with Crippen molar-refractivity contribution in [2.45, 2.75) is 13.3 Å². The van der Waals surface area contributed by atoms with Gasteiger partial charge in [0.2, 0.25) is 0 Å². The van der Waals surface area contributed by atoms with Crippen LogP contribution in [0.1, 0.15) is 23.7 Å². The molecule has 0 heterocycles. The summed E-state index contributed by atoms with van der Waals surface area (Å²) in [6.45, 7) is 1.97. The van der Waals surface area contributed by atoms with E-state index in [1.807, 2.05) is 30.3 Å². The van der Waals surface area contributed by atoms with Gasteiger partial charge in [-0.3, -0.25) is 4.79 Å². The molecule has 2 N–H and O–H groups in total. The largest absolute Gasteiger partial charge is 0.481 e. The Balaban J connectivity index is 2.28. The van der Waals surface area contributed by atoms with Crippen LogP contribution in [0.25, 0.3) is 11.1 Å². The van der Waals surface area contributed by atoms with Gasteiger partial charge in [-0.05, 0) is 30.2 Å². The lowest BCUT2D eigenvalue weighted by Crippen LogP contribution is -2.33. The molecule has 0 atom stereocenters. The molecule has 0 unspecified atom stereocenters. The molecule has 2 aromatic carbocycles. The number of aliphatic carboxylic acids is 1. The number of nitrogens with one attached hydrogen (secondary N) is 1. The maximum Gasteiger partial charge on any atom is 0.340 e. The van der Waals surface area contributed by atoms with Gasteiger partial charge in [0.1, 0.15) is 0 Å². The van der Waals surface area contributed by atoms with Gasteiger partial charge < -0.3 is 20.1 Å². The molecule has 0 radical (unpaired) electrons. The third-order valence-electron chi connectivity index (χ3n) is 3.87. The number of anilines is 1. The van der Waals surface area contributed by atoms with Gasteiger partial charge >= 0.3 is 18.0 Å². The average Bonchev–Trinajstić information content (AvgIpc) is 2.67. The molecular formula is C20H22N2O5. The standard InChI is InChI=1S/C20H22N2O5/c1-3-27-19(25)16-13-15(14-7-5-4-6-8-14)9-10-17(16)21-20(26)22(2)12-11-18(23)24/h4-10,13H,3,11-12H2,1-2H3,(H,21,26)(H,23,24). The molecule has 142 valence electrons. The summed E-state index contributed by atoms with van der Waals surface area (Å²) in [4.78, 5) is 36.5. The van der Waals surface area contributed by atoms with E-state index in [0.29, 0.717) is 5.69 Å². The van der Waals surface area contributed by atoms with Crippen LogP contribution in [-0.2, 0) is 9.53 Å². The number of urea groups is 1. The van der Waals surface area contributed by atoms with E-state index in [1.54, 1.807) is 25.1 Å². The number of esters is 1. The third-order valence-corrected chi connectivity index (χ3v) is 3.87. The molecule has 7 heteroatoms. The summed E-state index contributed by atoms with van der Waals surface area (Å²) in [5, 5.41) is 11.4. The Hall–Kier alpha value is -3.35. The first-order chi connectivity index (χ1) is 12.9. The second-order valence-corrected chi connectivity index (χ2v) is 5.84. The minimum atomic E-state index is -0.992. The molecule has 0 aliphatic rings. The Labute approximate surface area is 157 Å². The van der Waals surface area contributed by atoms with E-state index >= 15 is 0 Å². The van der Waals surface area contributed by atoms with Crippen LogP contribution in [0, 0.1) is 0 Å². The number of carboxylic acids is 1. The van der Waals surface area contributed by atoms with Crippen LogP contribution in [0.4, 0.5) is 10.5 Å². The molecule has 0 bridgehead atoms. The minimum absolute atomic E-state index is 0.0536. The Morgan fingerprint density at radius 2 is 1.78 bits per heavy atom. The van der Waals surface area contributed by atoms with Gasteiger partial charge in [-0.15, -0.1) is 0 Å². The molecule has 0 aromatic heterocycles. The fourth-order valence-corrected chi connectivity index (χ4v) is 2.42. The summed E-state index contributed by atoms with van der Waals surface area (Å²) >= 11 is 0. The van der Waals surface area contributed by atoms with Crippen LogP contribution in [-0.4, -0.2) is 48.2 Å². The molecule has 2 rings (SSSR count). The molecule has 0 aliphatic carbocycles. The molecular weight excluding hydrogens is 348 g/mol. The van der Waals surface area contributed by atoms with Crippen molar-refractivity contribution in [1.29, 1.82) is 0 Å². The number of carboxylic acid groups (broad SMARTS) is 1. The summed E-state index contributed by atoms with van der Waals surface area (Å²) < 4.78 is 5.10. The number of nitrogens with zero attached hydrogens (tertiary/aromatic N) is 1. The summed E-state index contributed by atoms with van der Waals surface area (Å²) in [5.74, 6) is -1.53. The van der Waals surface area contributed by atoms with E-state index in [2.05, 4.69) is 5.32 Å². The highest BCUT2D eigenvalue weighted by Crippen LogP contribution is 2.26. The summed E-state index contributed by atoms with van der Waals surface area (Å²) in [5.41, 5.74) is 2.29. The van der Waals surface area contributed by atoms with Gasteiger partial charge in [0.25, 0.3) is 0 Å². The first kappa shape index (κ1) is 20.0. The van der Waals surface area contributed by atoms with Gasteiger partial charge in [-0.25, -0.2) is 9.59 Å². The maximum atomic E-state index is 12.4. The minimum Gasteiger partial charge on any atom is -0.481 e. The number of carbonyl (C=O) groups excluding carboxylic acids is 2. The quantitative estimate of drug-likeness (QED) is 0.728. The van der Waals surface area contributed by atoms with Crippen molar-refractivity contribution < 1.29 is 24.2 Å². The average molecular weight is 370 g/mol. The summed E-state index contributed by atoms with van der Waals surface area (Å²) in [6.07, 6.45) is -0.165. The van der Waals surface area contributed by atoms with E-state index in [1.165, 1.54) is 11.9 Å². The van der Waals surface area contributed by atoms with Gasteiger partial charge in [0.15, 0.2) is 0 Å². The zero-order valence-corrected chi connectivity index (χ0v) is 15.3. The number of carbonyl (C=O) groups is 3. The Morgan fingerprint density at radius 3 is 2.41 bits per heavy atom. The molecule has 0 aliphatic heterocycles. The molecule has 27 heavy (non-hydrogen) atoms. The lowest BCUT2D eigenvalue weighted by molar-refractivity contribution is -0.137. The van der Waals surface area contributed by atoms with Crippen molar-refractivity contribution in [3.05, 3.63) is 54.1 Å². The second-order valence-electron chi connectivity index (χ2n) is 5.84. The lowest BCUT2D eigenvalue weighted by Gasteiger charge is -2.18. The Morgan fingerprint density at radius 1 is 1.07 bits per heavy atom. The van der Waals surface area contributed by atoms with Gasteiger partial charge in [0.05, 0.1) is 24.3 Å². The zero-order chi connectivity index (χ0) is 19.8. The summed E-state index contributed by atoms with van der Waals surface area (Å²) in [6, 6.07) is 14.1. The van der Waals surface area contributed by atoms with Gasteiger partial charge in [-0.2, -0.15) is 0 Å². The Bertz CT molecular complexity index is 820. The third kappa shape index (κ3) is 5.57. The first-order valence-corrected chi connectivity index (χ1v) is 8.53. The van der Waals surface area contributed by atoms with Crippen LogP contribution < -0.4 is 5.32 Å². The molecule has 7 nitrogen and oxygen atoms in total. The number of hydrogen-bond donors (Lipinski definition) is 2.